The minimum absolute atomic E-state index is 0.202. The second-order valence-corrected chi connectivity index (χ2v) is 3.18. The van der Waals surface area contributed by atoms with Crippen molar-refractivity contribution in [1.82, 2.24) is 10.6 Å². The maximum absolute atomic E-state index is 11.1. The van der Waals surface area contributed by atoms with Crippen LogP contribution in [0, 0.1) is 0 Å². The van der Waals surface area contributed by atoms with E-state index in [1.807, 2.05) is 6.92 Å². The van der Waals surface area contributed by atoms with Gasteiger partial charge in [0.25, 0.3) is 0 Å². The molecule has 0 rings (SSSR count). The number of carboxylic acids is 1. The summed E-state index contributed by atoms with van der Waals surface area (Å²) < 4.78 is 0. The molecule has 0 aromatic heterocycles. The molecule has 0 saturated carbocycles. The van der Waals surface area contributed by atoms with Crippen LogP contribution in [-0.4, -0.2) is 36.1 Å². The van der Waals surface area contributed by atoms with Crippen molar-refractivity contribution >= 4 is 11.9 Å². The Morgan fingerprint density at radius 1 is 1.43 bits per heavy atom. The van der Waals surface area contributed by atoms with E-state index in [-0.39, 0.29) is 5.91 Å². The Morgan fingerprint density at radius 3 is 2.36 bits per heavy atom. The van der Waals surface area contributed by atoms with E-state index in [1.54, 1.807) is 6.92 Å². The smallest absolute Gasteiger partial charge is 0.320 e. The van der Waals surface area contributed by atoms with E-state index < -0.39 is 18.1 Å². The van der Waals surface area contributed by atoms with Crippen molar-refractivity contribution in [2.75, 3.05) is 7.05 Å². The number of hydrogen-bond acceptors (Lipinski definition) is 3. The highest BCUT2D eigenvalue weighted by Crippen LogP contribution is 1.98. The Hall–Kier alpha value is -1.10. The van der Waals surface area contributed by atoms with Crippen LogP contribution in [0.15, 0.2) is 0 Å². The second-order valence-electron chi connectivity index (χ2n) is 3.18. The third kappa shape index (κ3) is 4.23. The first-order chi connectivity index (χ1) is 6.52. The van der Waals surface area contributed by atoms with Crippen LogP contribution in [0.25, 0.3) is 0 Å². The van der Waals surface area contributed by atoms with Crippen molar-refractivity contribution in [2.45, 2.75) is 38.8 Å². The summed E-state index contributed by atoms with van der Waals surface area (Å²) in [5.41, 5.74) is 0. The molecular formula is C9H18N2O3. The van der Waals surface area contributed by atoms with Gasteiger partial charge in [0.15, 0.2) is 0 Å². The van der Waals surface area contributed by atoms with E-state index in [4.69, 9.17) is 5.11 Å². The average molecular weight is 202 g/mol. The molecule has 0 spiro atoms. The summed E-state index contributed by atoms with van der Waals surface area (Å²) in [6, 6.07) is -1.13. The van der Waals surface area contributed by atoms with Crippen LogP contribution in [0.2, 0.25) is 0 Å². The van der Waals surface area contributed by atoms with Gasteiger partial charge in [0.1, 0.15) is 6.04 Å². The number of nitrogens with one attached hydrogen (secondary N) is 2. The lowest BCUT2D eigenvalue weighted by Crippen LogP contribution is -2.48. The van der Waals surface area contributed by atoms with Crippen molar-refractivity contribution in [3.05, 3.63) is 0 Å². The Balaban J connectivity index is 4.15. The van der Waals surface area contributed by atoms with E-state index in [0.29, 0.717) is 6.42 Å². The summed E-state index contributed by atoms with van der Waals surface area (Å²) in [7, 11) is 1.52. The third-order valence-corrected chi connectivity index (χ3v) is 1.97. The van der Waals surface area contributed by atoms with Gasteiger partial charge in [0.05, 0.1) is 6.04 Å². The molecule has 2 atom stereocenters. The van der Waals surface area contributed by atoms with E-state index in [9.17, 15) is 9.59 Å². The van der Waals surface area contributed by atoms with Gasteiger partial charge in [-0.25, -0.2) is 0 Å². The molecule has 3 N–H and O–H groups in total. The molecule has 82 valence electrons. The van der Waals surface area contributed by atoms with Crippen molar-refractivity contribution in [1.29, 1.82) is 0 Å². The molecule has 0 aliphatic carbocycles. The Morgan fingerprint density at radius 2 is 2.00 bits per heavy atom. The molecule has 0 heterocycles. The maximum atomic E-state index is 11.1. The molecular weight excluding hydrogens is 184 g/mol. The highest BCUT2D eigenvalue weighted by molar-refractivity contribution is 5.82. The third-order valence-electron chi connectivity index (χ3n) is 1.97. The monoisotopic (exact) mass is 202 g/mol. The number of carbonyl (C=O) groups excluding carboxylic acids is 1. The van der Waals surface area contributed by atoms with Gasteiger partial charge in [-0.1, -0.05) is 13.3 Å². The van der Waals surface area contributed by atoms with Crippen molar-refractivity contribution in [3.63, 3.8) is 0 Å². The molecule has 0 aromatic carbocycles. The van der Waals surface area contributed by atoms with Crippen LogP contribution >= 0.6 is 0 Å². The number of aliphatic carboxylic acids is 1. The fraction of sp³-hybridized carbons (Fsp3) is 0.778. The molecule has 5 nitrogen and oxygen atoms in total. The zero-order chi connectivity index (χ0) is 11.1. The first-order valence-corrected chi connectivity index (χ1v) is 4.73. The zero-order valence-corrected chi connectivity index (χ0v) is 8.83. The Labute approximate surface area is 83.9 Å². The lowest BCUT2D eigenvalue weighted by Gasteiger charge is -2.18. The number of hydrogen-bond donors (Lipinski definition) is 3. The molecule has 0 radical (unpaired) electrons. The van der Waals surface area contributed by atoms with Gasteiger partial charge in [-0.05, 0) is 13.3 Å². The van der Waals surface area contributed by atoms with Gasteiger partial charge < -0.3 is 10.4 Å². The summed E-state index contributed by atoms with van der Waals surface area (Å²) in [6.45, 7) is 3.55. The topological polar surface area (TPSA) is 78.4 Å². The predicted octanol–water partition coefficient (Wildman–Crippen LogP) is -0.0362. The van der Waals surface area contributed by atoms with Crippen LogP contribution in [0.5, 0.6) is 0 Å². The first kappa shape index (κ1) is 12.9. The van der Waals surface area contributed by atoms with Crippen LogP contribution in [-0.2, 0) is 9.59 Å². The minimum Gasteiger partial charge on any atom is -0.480 e. The quantitative estimate of drug-likeness (QED) is 0.565. The predicted molar refractivity (Wildman–Crippen MR) is 53.0 cm³/mol. The molecule has 2 unspecified atom stereocenters. The molecule has 1 amide bonds. The zero-order valence-electron chi connectivity index (χ0n) is 8.83. The normalized spacial score (nSPS) is 14.5. The fourth-order valence-electron chi connectivity index (χ4n) is 1.16. The summed E-state index contributed by atoms with van der Waals surface area (Å²) in [5, 5.41) is 14.0. The standard InChI is InChI=1S/C9H18N2O3/c1-4-5-7(9(13)14)11-6(2)8(12)10-3/h6-7,11H,4-5H2,1-3H3,(H,10,12)(H,13,14). The van der Waals surface area contributed by atoms with Crippen molar-refractivity contribution < 1.29 is 14.7 Å². The number of carbonyl (C=O) groups is 2. The summed E-state index contributed by atoms with van der Waals surface area (Å²) in [4.78, 5) is 21.8. The van der Waals surface area contributed by atoms with Gasteiger partial charge in [-0.3, -0.25) is 14.9 Å². The SMILES string of the molecule is CCCC(NC(C)C(=O)NC)C(=O)O. The van der Waals surface area contributed by atoms with Gasteiger partial charge in [-0.2, -0.15) is 0 Å². The van der Waals surface area contributed by atoms with Gasteiger partial charge >= 0.3 is 5.97 Å². The van der Waals surface area contributed by atoms with E-state index >= 15 is 0 Å². The van der Waals surface area contributed by atoms with Crippen molar-refractivity contribution in [2.24, 2.45) is 0 Å². The molecule has 5 heteroatoms. The first-order valence-electron chi connectivity index (χ1n) is 4.73. The maximum Gasteiger partial charge on any atom is 0.320 e. The summed E-state index contributed by atoms with van der Waals surface area (Å²) in [6.07, 6.45) is 1.29. The largest absolute Gasteiger partial charge is 0.480 e. The van der Waals surface area contributed by atoms with Crippen LogP contribution in [0.1, 0.15) is 26.7 Å². The van der Waals surface area contributed by atoms with E-state index in [2.05, 4.69) is 10.6 Å². The Kier molecular flexibility index (Phi) is 5.87. The summed E-state index contributed by atoms with van der Waals surface area (Å²) >= 11 is 0. The molecule has 0 aliphatic rings. The molecule has 0 aliphatic heterocycles. The highest BCUT2D eigenvalue weighted by Gasteiger charge is 2.21. The van der Waals surface area contributed by atoms with Gasteiger partial charge in [-0.15, -0.1) is 0 Å². The molecule has 14 heavy (non-hydrogen) atoms. The van der Waals surface area contributed by atoms with Crippen molar-refractivity contribution in [3.8, 4) is 0 Å². The molecule has 0 bridgehead atoms. The summed E-state index contributed by atoms with van der Waals surface area (Å²) in [5.74, 6) is -1.12. The fourth-order valence-corrected chi connectivity index (χ4v) is 1.16. The van der Waals surface area contributed by atoms with E-state index in [0.717, 1.165) is 6.42 Å². The molecule has 0 aromatic rings. The highest BCUT2D eigenvalue weighted by atomic mass is 16.4. The average Bonchev–Trinajstić information content (AvgIpc) is 2.15. The Bertz CT molecular complexity index is 206. The van der Waals surface area contributed by atoms with Crippen LogP contribution in [0.4, 0.5) is 0 Å². The molecule has 0 saturated heterocycles. The van der Waals surface area contributed by atoms with Gasteiger partial charge in [0.2, 0.25) is 5.91 Å². The number of carboxylic acid groups (broad SMARTS) is 1. The van der Waals surface area contributed by atoms with Crippen LogP contribution in [0.3, 0.4) is 0 Å². The minimum atomic E-state index is -0.914. The number of amides is 1. The lowest BCUT2D eigenvalue weighted by atomic mass is 10.1. The lowest BCUT2D eigenvalue weighted by molar-refractivity contribution is -0.140. The number of likely N-dealkylation sites (N-methyl/N-ethyl adjacent to an activating group) is 1. The van der Waals surface area contributed by atoms with Crippen LogP contribution < -0.4 is 10.6 Å². The number of rotatable bonds is 6. The van der Waals surface area contributed by atoms with Gasteiger partial charge in [0, 0.05) is 7.05 Å². The van der Waals surface area contributed by atoms with E-state index in [1.165, 1.54) is 7.05 Å². The molecule has 0 fully saturated rings. The second kappa shape index (κ2) is 6.37.